The van der Waals surface area contributed by atoms with Crippen molar-refractivity contribution in [1.29, 1.82) is 0 Å². The van der Waals surface area contributed by atoms with E-state index in [1.54, 1.807) is 17.5 Å². The minimum absolute atomic E-state index is 0.0512. The first kappa shape index (κ1) is 17.0. The van der Waals surface area contributed by atoms with E-state index >= 15 is 0 Å². The van der Waals surface area contributed by atoms with Gasteiger partial charge in [-0.1, -0.05) is 6.07 Å². The van der Waals surface area contributed by atoms with Gasteiger partial charge in [-0.25, -0.2) is 4.98 Å². The second-order valence-corrected chi connectivity index (χ2v) is 7.87. The number of hydrogen-bond donors (Lipinski definition) is 0. The SMILES string of the molecule is Cc1nc(C(=O)N(Cc2cccnc2)C2CCN(C)CC2)c(C)s1. The molecule has 1 amide bonds. The van der Waals surface area contributed by atoms with Gasteiger partial charge < -0.3 is 9.80 Å². The van der Waals surface area contributed by atoms with E-state index in [9.17, 15) is 4.79 Å². The van der Waals surface area contributed by atoms with Crippen LogP contribution < -0.4 is 0 Å². The first-order chi connectivity index (χ1) is 11.5. The molecule has 0 N–H and O–H groups in total. The van der Waals surface area contributed by atoms with Crippen LogP contribution in [0.1, 0.15) is 38.8 Å². The van der Waals surface area contributed by atoms with Crippen molar-refractivity contribution in [3.63, 3.8) is 0 Å². The topological polar surface area (TPSA) is 49.3 Å². The summed E-state index contributed by atoms with van der Waals surface area (Å²) in [6.45, 7) is 6.58. The Morgan fingerprint density at radius 3 is 2.71 bits per heavy atom. The molecule has 0 aromatic carbocycles. The fraction of sp³-hybridized carbons (Fsp3) is 0.500. The number of carbonyl (C=O) groups excluding carboxylic acids is 1. The van der Waals surface area contributed by atoms with E-state index in [1.165, 1.54) is 0 Å². The fourth-order valence-corrected chi connectivity index (χ4v) is 4.03. The van der Waals surface area contributed by atoms with Gasteiger partial charge in [0.15, 0.2) is 0 Å². The highest BCUT2D eigenvalue weighted by molar-refractivity contribution is 7.11. The molecule has 2 aromatic rings. The molecule has 0 bridgehead atoms. The summed E-state index contributed by atoms with van der Waals surface area (Å²) in [5, 5.41) is 0.945. The molecule has 5 nitrogen and oxygen atoms in total. The number of piperidine rings is 1. The maximum Gasteiger partial charge on any atom is 0.274 e. The number of carbonyl (C=O) groups is 1. The van der Waals surface area contributed by atoms with Crippen molar-refractivity contribution in [2.24, 2.45) is 0 Å². The lowest BCUT2D eigenvalue weighted by atomic mass is 10.0. The second-order valence-electron chi connectivity index (χ2n) is 6.47. The van der Waals surface area contributed by atoms with Gasteiger partial charge in [-0.05, 0) is 58.5 Å². The number of hydrogen-bond acceptors (Lipinski definition) is 5. The Hall–Kier alpha value is -1.79. The highest BCUT2D eigenvalue weighted by atomic mass is 32.1. The Balaban J connectivity index is 1.86. The quantitative estimate of drug-likeness (QED) is 0.856. The molecular formula is C18H24N4OS. The minimum atomic E-state index is 0.0512. The molecule has 0 radical (unpaired) electrons. The van der Waals surface area contributed by atoms with Crippen LogP contribution in [-0.4, -0.2) is 51.9 Å². The largest absolute Gasteiger partial charge is 0.330 e. The summed E-state index contributed by atoms with van der Waals surface area (Å²) in [5.41, 5.74) is 1.68. The van der Waals surface area contributed by atoms with Crippen LogP contribution >= 0.6 is 11.3 Å². The van der Waals surface area contributed by atoms with Crippen LogP contribution in [0.5, 0.6) is 0 Å². The third kappa shape index (κ3) is 3.82. The van der Waals surface area contributed by atoms with Crippen molar-refractivity contribution in [1.82, 2.24) is 19.8 Å². The van der Waals surface area contributed by atoms with Crippen LogP contribution in [0.3, 0.4) is 0 Å². The maximum atomic E-state index is 13.2. The molecule has 1 saturated heterocycles. The number of likely N-dealkylation sites (tertiary alicyclic amines) is 1. The molecule has 0 unspecified atom stereocenters. The van der Waals surface area contributed by atoms with E-state index in [0.717, 1.165) is 41.4 Å². The first-order valence-corrected chi connectivity index (χ1v) is 9.18. The van der Waals surface area contributed by atoms with Crippen LogP contribution in [0.15, 0.2) is 24.5 Å². The average molecular weight is 344 g/mol. The smallest absolute Gasteiger partial charge is 0.274 e. The number of rotatable bonds is 4. The molecule has 0 aliphatic carbocycles. The van der Waals surface area contributed by atoms with Crippen molar-refractivity contribution < 1.29 is 4.79 Å². The van der Waals surface area contributed by atoms with Crippen LogP contribution in [-0.2, 0) is 6.54 Å². The van der Waals surface area contributed by atoms with E-state index in [4.69, 9.17) is 0 Å². The van der Waals surface area contributed by atoms with Gasteiger partial charge in [0, 0.05) is 29.9 Å². The number of thiazole rings is 1. The Kier molecular flexibility index (Phi) is 5.26. The lowest BCUT2D eigenvalue weighted by Gasteiger charge is -2.37. The summed E-state index contributed by atoms with van der Waals surface area (Å²) in [5.74, 6) is 0.0512. The molecule has 1 fully saturated rings. The standard InChI is InChI=1S/C18H24N4OS/c1-13-17(20-14(2)24-13)18(23)22(12-15-5-4-8-19-11-15)16-6-9-21(3)10-7-16/h4-5,8,11,16H,6-7,9-10,12H2,1-3H3. The lowest BCUT2D eigenvalue weighted by molar-refractivity contribution is 0.0563. The summed E-state index contributed by atoms with van der Waals surface area (Å²) in [6.07, 6.45) is 5.61. The van der Waals surface area contributed by atoms with Crippen LogP contribution in [0.4, 0.5) is 0 Å². The van der Waals surface area contributed by atoms with Gasteiger partial charge in [0.25, 0.3) is 5.91 Å². The van der Waals surface area contributed by atoms with E-state index in [1.807, 2.05) is 37.1 Å². The van der Waals surface area contributed by atoms with Crippen LogP contribution in [0, 0.1) is 13.8 Å². The second kappa shape index (κ2) is 7.40. The highest BCUT2D eigenvalue weighted by Crippen LogP contribution is 2.24. The molecule has 0 atom stereocenters. The molecule has 6 heteroatoms. The van der Waals surface area contributed by atoms with Crippen molar-refractivity contribution in [2.45, 2.75) is 39.3 Å². The Morgan fingerprint density at radius 2 is 2.12 bits per heavy atom. The molecule has 24 heavy (non-hydrogen) atoms. The zero-order chi connectivity index (χ0) is 17.1. The predicted molar refractivity (Wildman–Crippen MR) is 96.2 cm³/mol. The molecular weight excluding hydrogens is 320 g/mol. The fourth-order valence-electron chi connectivity index (χ4n) is 3.23. The molecule has 1 aliphatic heterocycles. The zero-order valence-electron chi connectivity index (χ0n) is 14.5. The van der Waals surface area contributed by atoms with Crippen molar-refractivity contribution in [2.75, 3.05) is 20.1 Å². The number of nitrogens with zero attached hydrogens (tertiary/aromatic N) is 4. The van der Waals surface area contributed by atoms with E-state index in [0.29, 0.717) is 12.2 Å². The van der Waals surface area contributed by atoms with E-state index in [2.05, 4.69) is 21.9 Å². The molecule has 3 heterocycles. The van der Waals surface area contributed by atoms with Gasteiger partial charge in [0.05, 0.1) is 5.01 Å². The third-order valence-corrected chi connectivity index (χ3v) is 5.46. The van der Waals surface area contributed by atoms with Crippen molar-refractivity contribution in [3.05, 3.63) is 45.7 Å². The predicted octanol–water partition coefficient (Wildman–Crippen LogP) is 2.89. The summed E-state index contributed by atoms with van der Waals surface area (Å²) in [4.78, 5) is 27.2. The molecule has 0 saturated carbocycles. The molecule has 0 spiro atoms. The summed E-state index contributed by atoms with van der Waals surface area (Å²) in [7, 11) is 2.14. The average Bonchev–Trinajstić information content (AvgIpc) is 2.92. The van der Waals surface area contributed by atoms with Gasteiger partial charge in [0.2, 0.25) is 0 Å². The van der Waals surface area contributed by atoms with Gasteiger partial charge in [-0.2, -0.15) is 0 Å². The van der Waals surface area contributed by atoms with Gasteiger partial charge in [-0.3, -0.25) is 9.78 Å². The van der Waals surface area contributed by atoms with E-state index in [-0.39, 0.29) is 11.9 Å². The molecule has 1 aliphatic rings. The molecule has 2 aromatic heterocycles. The Morgan fingerprint density at radius 1 is 1.38 bits per heavy atom. The Labute approximate surface area is 147 Å². The number of aryl methyl sites for hydroxylation is 2. The Bertz CT molecular complexity index is 692. The summed E-state index contributed by atoms with van der Waals surface area (Å²) < 4.78 is 0. The zero-order valence-corrected chi connectivity index (χ0v) is 15.3. The molecule has 128 valence electrons. The first-order valence-electron chi connectivity index (χ1n) is 8.37. The number of aromatic nitrogens is 2. The number of amides is 1. The van der Waals surface area contributed by atoms with Gasteiger partial charge >= 0.3 is 0 Å². The lowest BCUT2D eigenvalue weighted by Crippen LogP contribution is -2.46. The van der Waals surface area contributed by atoms with Crippen molar-refractivity contribution >= 4 is 17.2 Å². The monoisotopic (exact) mass is 344 g/mol. The molecule has 3 rings (SSSR count). The van der Waals surface area contributed by atoms with E-state index < -0.39 is 0 Å². The van der Waals surface area contributed by atoms with Gasteiger partial charge in [0.1, 0.15) is 5.69 Å². The summed E-state index contributed by atoms with van der Waals surface area (Å²) in [6, 6.07) is 4.21. The number of pyridine rings is 1. The minimum Gasteiger partial charge on any atom is -0.330 e. The highest BCUT2D eigenvalue weighted by Gasteiger charge is 2.30. The van der Waals surface area contributed by atoms with Crippen LogP contribution in [0.2, 0.25) is 0 Å². The normalized spacial score (nSPS) is 16.3. The summed E-state index contributed by atoms with van der Waals surface area (Å²) >= 11 is 1.59. The van der Waals surface area contributed by atoms with Crippen LogP contribution in [0.25, 0.3) is 0 Å². The third-order valence-electron chi connectivity index (χ3n) is 4.57. The maximum absolute atomic E-state index is 13.2. The van der Waals surface area contributed by atoms with Gasteiger partial charge in [-0.15, -0.1) is 11.3 Å². The van der Waals surface area contributed by atoms with Crippen molar-refractivity contribution in [3.8, 4) is 0 Å².